The van der Waals surface area contributed by atoms with E-state index in [1.165, 1.54) is 0 Å². The number of hydrogen-bond donors (Lipinski definition) is 0. The summed E-state index contributed by atoms with van der Waals surface area (Å²) < 4.78 is 12.8. The third-order valence-electron chi connectivity index (χ3n) is 2.59. The van der Waals surface area contributed by atoms with Crippen molar-refractivity contribution in [2.24, 2.45) is 5.92 Å². The molecule has 1 fully saturated rings. The molecule has 5 heteroatoms. The molecule has 4 nitrogen and oxygen atoms in total. The van der Waals surface area contributed by atoms with Crippen LogP contribution in [0.3, 0.4) is 0 Å². The molecule has 0 N–H and O–H groups in total. The lowest BCUT2D eigenvalue weighted by molar-refractivity contribution is 0.480. The molecule has 0 aromatic carbocycles. The Morgan fingerprint density at radius 1 is 1.40 bits per heavy atom. The van der Waals surface area contributed by atoms with Crippen molar-refractivity contribution in [2.75, 3.05) is 18.0 Å². The minimum absolute atomic E-state index is 0.128. The normalized spacial score (nSPS) is 17.5. The van der Waals surface area contributed by atoms with E-state index in [-0.39, 0.29) is 5.92 Å². The molecule has 0 unspecified atom stereocenters. The minimum Gasteiger partial charge on any atom is -0.355 e. The second-order valence-electron chi connectivity index (χ2n) is 3.59. The molecule has 15 heavy (non-hydrogen) atoms. The monoisotopic (exact) mass is 206 g/mol. The van der Waals surface area contributed by atoms with Gasteiger partial charge >= 0.3 is 0 Å². The SMILES string of the molecule is N#CC1CCN(c2cncc(F)n2)CC1. The molecule has 0 bridgehead atoms. The van der Waals surface area contributed by atoms with Gasteiger partial charge in [-0.05, 0) is 12.8 Å². The van der Waals surface area contributed by atoms with Crippen molar-refractivity contribution in [3.8, 4) is 6.07 Å². The molecule has 0 aliphatic carbocycles. The fraction of sp³-hybridized carbons (Fsp3) is 0.500. The highest BCUT2D eigenvalue weighted by atomic mass is 19.1. The number of nitriles is 1. The predicted octanol–water partition coefficient (Wildman–Crippen LogP) is 1.36. The molecule has 1 saturated heterocycles. The first-order valence-electron chi connectivity index (χ1n) is 4.91. The second kappa shape index (κ2) is 4.22. The van der Waals surface area contributed by atoms with Crippen LogP contribution < -0.4 is 4.90 Å². The maximum atomic E-state index is 12.8. The van der Waals surface area contributed by atoms with E-state index in [0.29, 0.717) is 5.82 Å². The summed E-state index contributed by atoms with van der Waals surface area (Å²) in [5.41, 5.74) is 0. The van der Waals surface area contributed by atoms with Crippen LogP contribution in [0.1, 0.15) is 12.8 Å². The summed E-state index contributed by atoms with van der Waals surface area (Å²) in [4.78, 5) is 9.48. The van der Waals surface area contributed by atoms with E-state index in [1.54, 1.807) is 6.20 Å². The van der Waals surface area contributed by atoms with E-state index in [2.05, 4.69) is 16.0 Å². The molecule has 2 heterocycles. The molecule has 0 saturated carbocycles. The lowest BCUT2D eigenvalue weighted by atomic mass is 9.99. The third kappa shape index (κ3) is 2.21. The van der Waals surface area contributed by atoms with E-state index < -0.39 is 5.95 Å². The first-order valence-corrected chi connectivity index (χ1v) is 4.91. The smallest absolute Gasteiger partial charge is 0.233 e. The number of nitrogens with zero attached hydrogens (tertiary/aromatic N) is 4. The van der Waals surface area contributed by atoms with Gasteiger partial charge in [0, 0.05) is 19.0 Å². The molecule has 1 aromatic heterocycles. The van der Waals surface area contributed by atoms with Gasteiger partial charge < -0.3 is 4.90 Å². The Hall–Kier alpha value is -1.70. The van der Waals surface area contributed by atoms with Gasteiger partial charge in [0.25, 0.3) is 0 Å². The van der Waals surface area contributed by atoms with Crippen molar-refractivity contribution in [3.05, 3.63) is 18.3 Å². The maximum absolute atomic E-state index is 12.8. The Labute approximate surface area is 87.4 Å². The number of anilines is 1. The fourth-order valence-corrected chi connectivity index (χ4v) is 1.72. The Morgan fingerprint density at radius 2 is 2.13 bits per heavy atom. The Bertz CT molecular complexity index is 379. The number of rotatable bonds is 1. The molecule has 0 spiro atoms. The van der Waals surface area contributed by atoms with Gasteiger partial charge in [-0.15, -0.1) is 0 Å². The van der Waals surface area contributed by atoms with Crippen LogP contribution in [-0.4, -0.2) is 23.1 Å². The van der Waals surface area contributed by atoms with E-state index in [1.807, 2.05) is 4.90 Å². The van der Waals surface area contributed by atoms with E-state index in [9.17, 15) is 4.39 Å². The summed E-state index contributed by atoms with van der Waals surface area (Å²) in [7, 11) is 0. The zero-order valence-electron chi connectivity index (χ0n) is 8.23. The lowest BCUT2D eigenvalue weighted by Crippen LogP contribution is -2.34. The van der Waals surface area contributed by atoms with Crippen molar-refractivity contribution < 1.29 is 4.39 Å². The average molecular weight is 206 g/mol. The Morgan fingerprint density at radius 3 is 2.73 bits per heavy atom. The molecule has 78 valence electrons. The van der Waals surface area contributed by atoms with Gasteiger partial charge in [0.05, 0.1) is 18.5 Å². The van der Waals surface area contributed by atoms with Gasteiger partial charge in [0.15, 0.2) is 0 Å². The number of aromatic nitrogens is 2. The van der Waals surface area contributed by atoms with Gasteiger partial charge in [-0.1, -0.05) is 0 Å². The maximum Gasteiger partial charge on any atom is 0.233 e. The van der Waals surface area contributed by atoms with Crippen LogP contribution >= 0.6 is 0 Å². The van der Waals surface area contributed by atoms with Crippen LogP contribution in [0.5, 0.6) is 0 Å². The zero-order valence-corrected chi connectivity index (χ0v) is 8.23. The molecule has 1 aromatic rings. The van der Waals surface area contributed by atoms with E-state index >= 15 is 0 Å². The van der Waals surface area contributed by atoms with Crippen LogP contribution in [0.15, 0.2) is 12.4 Å². The number of halogens is 1. The highest BCUT2D eigenvalue weighted by Crippen LogP contribution is 2.20. The quantitative estimate of drug-likeness (QED) is 0.696. The molecule has 2 rings (SSSR count). The lowest BCUT2D eigenvalue weighted by Gasteiger charge is -2.29. The van der Waals surface area contributed by atoms with Gasteiger partial charge in [-0.25, -0.2) is 0 Å². The van der Waals surface area contributed by atoms with Crippen LogP contribution in [0.2, 0.25) is 0 Å². The van der Waals surface area contributed by atoms with E-state index in [0.717, 1.165) is 32.1 Å². The Kier molecular flexibility index (Phi) is 2.77. The standard InChI is InChI=1S/C10H11FN4/c11-9-6-13-7-10(14-9)15-3-1-8(5-12)2-4-15/h6-8H,1-4H2. The van der Waals surface area contributed by atoms with Crippen molar-refractivity contribution in [1.82, 2.24) is 9.97 Å². The first-order chi connectivity index (χ1) is 7.29. The topological polar surface area (TPSA) is 52.8 Å². The summed E-state index contributed by atoms with van der Waals surface area (Å²) in [6.45, 7) is 1.49. The Balaban J connectivity index is 2.05. The molecule has 0 atom stereocenters. The van der Waals surface area contributed by atoms with E-state index in [4.69, 9.17) is 5.26 Å². The van der Waals surface area contributed by atoms with Crippen LogP contribution in [0.4, 0.5) is 10.2 Å². The van der Waals surface area contributed by atoms with Gasteiger partial charge in [0.1, 0.15) is 5.82 Å². The number of piperidine rings is 1. The van der Waals surface area contributed by atoms with Gasteiger partial charge in [-0.2, -0.15) is 14.6 Å². The van der Waals surface area contributed by atoms with Gasteiger partial charge in [0.2, 0.25) is 5.95 Å². The van der Waals surface area contributed by atoms with Crippen LogP contribution in [0.25, 0.3) is 0 Å². The van der Waals surface area contributed by atoms with Crippen molar-refractivity contribution >= 4 is 5.82 Å². The minimum atomic E-state index is -0.560. The van der Waals surface area contributed by atoms with Crippen LogP contribution in [-0.2, 0) is 0 Å². The first kappa shape index (κ1) is 9.84. The number of hydrogen-bond acceptors (Lipinski definition) is 4. The zero-order chi connectivity index (χ0) is 10.7. The summed E-state index contributed by atoms with van der Waals surface area (Å²) in [6, 6.07) is 2.25. The molecule has 0 amide bonds. The molecular formula is C10H11FN4. The summed E-state index contributed by atoms with van der Waals surface area (Å²) in [6.07, 6.45) is 4.27. The molecule has 0 radical (unpaired) electrons. The van der Waals surface area contributed by atoms with Crippen LogP contribution in [0, 0.1) is 23.2 Å². The van der Waals surface area contributed by atoms with Crippen molar-refractivity contribution in [3.63, 3.8) is 0 Å². The summed E-state index contributed by atoms with van der Waals surface area (Å²) >= 11 is 0. The molecule has 1 aliphatic rings. The third-order valence-corrected chi connectivity index (χ3v) is 2.59. The predicted molar refractivity (Wildman–Crippen MR) is 52.5 cm³/mol. The average Bonchev–Trinajstić information content (AvgIpc) is 2.29. The van der Waals surface area contributed by atoms with Crippen molar-refractivity contribution in [1.29, 1.82) is 5.26 Å². The highest BCUT2D eigenvalue weighted by Gasteiger charge is 2.19. The summed E-state index contributed by atoms with van der Waals surface area (Å²) in [5, 5.41) is 8.74. The second-order valence-corrected chi connectivity index (χ2v) is 3.59. The highest BCUT2D eigenvalue weighted by molar-refractivity contribution is 5.35. The van der Waals surface area contributed by atoms with Gasteiger partial charge in [-0.3, -0.25) is 4.98 Å². The fourth-order valence-electron chi connectivity index (χ4n) is 1.72. The summed E-state index contributed by atoms with van der Waals surface area (Å²) in [5.74, 6) is 0.129. The van der Waals surface area contributed by atoms with Crippen molar-refractivity contribution in [2.45, 2.75) is 12.8 Å². The largest absolute Gasteiger partial charge is 0.355 e. The molecule has 1 aliphatic heterocycles. The molecular weight excluding hydrogens is 195 g/mol.